The zero-order chi connectivity index (χ0) is 19.6. The van der Waals surface area contributed by atoms with Crippen molar-refractivity contribution in [3.05, 3.63) is 36.2 Å². The number of benzene rings is 1. The molecule has 2 aromatic rings. The predicted molar refractivity (Wildman–Crippen MR) is 96.6 cm³/mol. The second-order valence-electron chi connectivity index (χ2n) is 6.27. The van der Waals surface area contributed by atoms with Crippen molar-refractivity contribution in [3.63, 3.8) is 0 Å². The van der Waals surface area contributed by atoms with E-state index < -0.39 is 17.3 Å². The second-order valence-corrected chi connectivity index (χ2v) is 7.58. The van der Waals surface area contributed by atoms with Crippen molar-refractivity contribution in [1.29, 1.82) is 0 Å². The first kappa shape index (κ1) is 19.5. The van der Waals surface area contributed by atoms with Crippen LogP contribution in [-0.4, -0.2) is 57.0 Å². The summed E-state index contributed by atoms with van der Waals surface area (Å²) in [5.41, 5.74) is 1.12. The number of aromatic nitrogens is 3. The summed E-state index contributed by atoms with van der Waals surface area (Å²) in [5, 5.41) is 6.30. The van der Waals surface area contributed by atoms with Crippen molar-refractivity contribution >= 4 is 23.4 Å². The molecule has 0 aliphatic carbocycles. The molecule has 1 aliphatic heterocycles. The van der Waals surface area contributed by atoms with E-state index >= 15 is 0 Å². The molecule has 1 aromatic carbocycles. The van der Waals surface area contributed by atoms with Gasteiger partial charge in [0.05, 0.1) is 5.25 Å². The van der Waals surface area contributed by atoms with Crippen LogP contribution in [0.4, 0.5) is 18.9 Å². The van der Waals surface area contributed by atoms with Crippen molar-refractivity contribution in [2.75, 3.05) is 31.1 Å². The Hall–Kier alpha value is -2.23. The van der Waals surface area contributed by atoms with Crippen LogP contribution in [0.3, 0.4) is 0 Å². The summed E-state index contributed by atoms with van der Waals surface area (Å²) in [5.74, 6) is -1.18. The molecule has 10 heteroatoms. The molecule has 1 atom stereocenters. The highest BCUT2D eigenvalue weighted by atomic mass is 32.2. The average Bonchev–Trinajstić information content (AvgIpc) is 3.02. The maximum atomic E-state index is 12.8. The van der Waals surface area contributed by atoms with Crippen molar-refractivity contribution in [1.82, 2.24) is 19.7 Å². The van der Waals surface area contributed by atoms with Gasteiger partial charge in [-0.15, -0.1) is 10.2 Å². The molecule has 146 valence electrons. The van der Waals surface area contributed by atoms with Crippen LogP contribution in [-0.2, 0) is 18.0 Å². The Balaban J connectivity index is 1.58. The van der Waals surface area contributed by atoms with Gasteiger partial charge in [0.25, 0.3) is 0 Å². The summed E-state index contributed by atoms with van der Waals surface area (Å²) >= 11 is 0.991. The van der Waals surface area contributed by atoms with E-state index in [2.05, 4.69) is 15.1 Å². The number of alkyl halides is 3. The van der Waals surface area contributed by atoms with Crippen LogP contribution < -0.4 is 4.90 Å². The fraction of sp³-hybridized carbons (Fsp3) is 0.471. The first-order chi connectivity index (χ1) is 12.8. The first-order valence-electron chi connectivity index (χ1n) is 8.49. The fourth-order valence-electron chi connectivity index (χ4n) is 2.95. The minimum atomic E-state index is -4.57. The third kappa shape index (κ3) is 4.37. The van der Waals surface area contributed by atoms with Gasteiger partial charge in [0, 0.05) is 38.9 Å². The Labute approximate surface area is 159 Å². The molecule has 0 radical (unpaired) electrons. The number of hydrogen-bond donors (Lipinski definition) is 0. The molecule has 3 rings (SSSR count). The van der Waals surface area contributed by atoms with Gasteiger partial charge < -0.3 is 14.4 Å². The lowest BCUT2D eigenvalue weighted by molar-refractivity contribution is -0.147. The van der Waals surface area contributed by atoms with Crippen molar-refractivity contribution in [3.8, 4) is 0 Å². The fourth-order valence-corrected chi connectivity index (χ4v) is 3.85. The Morgan fingerprint density at radius 2 is 1.74 bits per heavy atom. The Morgan fingerprint density at radius 3 is 2.30 bits per heavy atom. The third-order valence-electron chi connectivity index (χ3n) is 4.43. The van der Waals surface area contributed by atoms with Crippen LogP contribution in [0.25, 0.3) is 0 Å². The molecule has 1 saturated heterocycles. The van der Waals surface area contributed by atoms with Gasteiger partial charge in [-0.25, -0.2) is 0 Å². The summed E-state index contributed by atoms with van der Waals surface area (Å²) in [6.07, 6.45) is -4.57. The standard InChI is InChI=1S/C17H20F3N5OS/c1-12(27-16-22-21-15(23(16)2)17(18,19)20)14(26)25-10-8-24(9-11-25)13-6-4-3-5-7-13/h3-7,12H,8-11H2,1-2H3/t12-/m1/s1. The van der Waals surface area contributed by atoms with E-state index in [1.165, 1.54) is 7.05 Å². The lowest BCUT2D eigenvalue weighted by Gasteiger charge is -2.37. The number of nitrogens with zero attached hydrogens (tertiary/aromatic N) is 5. The molecule has 1 amide bonds. The number of halogens is 3. The molecule has 0 spiro atoms. The predicted octanol–water partition coefficient (Wildman–Crippen LogP) is 2.66. The molecule has 0 N–H and O–H groups in total. The second kappa shape index (κ2) is 7.79. The lowest BCUT2D eigenvalue weighted by atomic mass is 10.2. The van der Waals surface area contributed by atoms with Crippen LogP contribution in [0, 0.1) is 0 Å². The van der Waals surface area contributed by atoms with Gasteiger partial charge in [-0.1, -0.05) is 30.0 Å². The van der Waals surface area contributed by atoms with E-state index in [4.69, 9.17) is 0 Å². The van der Waals surface area contributed by atoms with E-state index in [0.717, 1.165) is 35.1 Å². The number of rotatable bonds is 4. The number of piperazine rings is 1. The zero-order valence-electron chi connectivity index (χ0n) is 15.0. The maximum absolute atomic E-state index is 12.8. The molecule has 0 saturated carbocycles. The maximum Gasteiger partial charge on any atom is 0.451 e. The number of carbonyl (C=O) groups excluding carboxylic acids is 1. The molecule has 1 fully saturated rings. The number of amides is 1. The minimum Gasteiger partial charge on any atom is -0.368 e. The van der Waals surface area contributed by atoms with Crippen LogP contribution in [0.1, 0.15) is 12.7 Å². The first-order valence-corrected chi connectivity index (χ1v) is 9.37. The molecular weight excluding hydrogens is 379 g/mol. The van der Waals surface area contributed by atoms with Gasteiger partial charge in [0.15, 0.2) is 5.16 Å². The van der Waals surface area contributed by atoms with E-state index in [0.29, 0.717) is 13.1 Å². The van der Waals surface area contributed by atoms with E-state index in [9.17, 15) is 18.0 Å². The minimum absolute atomic E-state index is 0.0751. The summed E-state index contributed by atoms with van der Waals surface area (Å²) in [7, 11) is 1.25. The summed E-state index contributed by atoms with van der Waals surface area (Å²) in [6, 6.07) is 9.97. The average molecular weight is 399 g/mol. The quantitative estimate of drug-likeness (QED) is 0.740. The third-order valence-corrected chi connectivity index (χ3v) is 5.55. The Bertz CT molecular complexity index is 788. The molecule has 6 nitrogen and oxygen atoms in total. The van der Waals surface area contributed by atoms with Crippen LogP contribution in [0.15, 0.2) is 35.5 Å². The molecule has 0 unspecified atom stereocenters. The van der Waals surface area contributed by atoms with Gasteiger partial charge in [-0.3, -0.25) is 4.79 Å². The highest BCUT2D eigenvalue weighted by Crippen LogP contribution is 2.31. The number of anilines is 1. The van der Waals surface area contributed by atoms with Gasteiger partial charge in [-0.2, -0.15) is 13.2 Å². The van der Waals surface area contributed by atoms with Crippen LogP contribution >= 0.6 is 11.8 Å². The monoisotopic (exact) mass is 399 g/mol. The molecule has 27 heavy (non-hydrogen) atoms. The topological polar surface area (TPSA) is 54.3 Å². The number of hydrogen-bond acceptors (Lipinski definition) is 5. The molecule has 1 aliphatic rings. The number of para-hydroxylation sites is 1. The molecule has 0 bridgehead atoms. The normalized spacial score (nSPS) is 16.5. The molecular formula is C17H20F3N5OS. The highest BCUT2D eigenvalue weighted by molar-refractivity contribution is 8.00. The van der Waals surface area contributed by atoms with Gasteiger partial charge in [-0.05, 0) is 19.1 Å². The molecule has 1 aromatic heterocycles. The zero-order valence-corrected chi connectivity index (χ0v) is 15.8. The van der Waals surface area contributed by atoms with Gasteiger partial charge in [0.2, 0.25) is 11.7 Å². The van der Waals surface area contributed by atoms with E-state index in [-0.39, 0.29) is 11.1 Å². The van der Waals surface area contributed by atoms with E-state index in [1.54, 1.807) is 11.8 Å². The summed E-state index contributed by atoms with van der Waals surface area (Å²) in [4.78, 5) is 16.6. The SMILES string of the molecule is C[C@@H](Sc1nnc(C(F)(F)F)n1C)C(=O)N1CCN(c2ccccc2)CC1. The highest BCUT2D eigenvalue weighted by Gasteiger charge is 2.38. The number of carbonyl (C=O) groups is 1. The largest absolute Gasteiger partial charge is 0.451 e. The molecule has 2 heterocycles. The van der Waals surface area contributed by atoms with Crippen molar-refractivity contribution in [2.45, 2.75) is 23.5 Å². The van der Waals surface area contributed by atoms with Gasteiger partial charge in [0.1, 0.15) is 0 Å². The van der Waals surface area contributed by atoms with Crippen molar-refractivity contribution in [2.24, 2.45) is 7.05 Å². The van der Waals surface area contributed by atoms with Crippen LogP contribution in [0.2, 0.25) is 0 Å². The van der Waals surface area contributed by atoms with Gasteiger partial charge >= 0.3 is 6.18 Å². The van der Waals surface area contributed by atoms with Crippen molar-refractivity contribution < 1.29 is 18.0 Å². The summed E-state index contributed by atoms with van der Waals surface area (Å²) < 4.78 is 39.3. The van der Waals surface area contributed by atoms with Crippen LogP contribution in [0.5, 0.6) is 0 Å². The summed E-state index contributed by atoms with van der Waals surface area (Å²) in [6.45, 7) is 4.26. The Kier molecular flexibility index (Phi) is 5.64. The smallest absolute Gasteiger partial charge is 0.368 e. The lowest BCUT2D eigenvalue weighted by Crippen LogP contribution is -2.50. The van der Waals surface area contributed by atoms with E-state index in [1.807, 2.05) is 30.3 Å². The Morgan fingerprint density at radius 1 is 1.11 bits per heavy atom. The number of thioether (sulfide) groups is 1.